The third kappa shape index (κ3) is 5.89. The van der Waals surface area contributed by atoms with Crippen molar-refractivity contribution in [2.45, 2.75) is 12.7 Å². The van der Waals surface area contributed by atoms with Crippen LogP contribution >= 0.6 is 0 Å². The number of benzene rings is 3. The Bertz CT molecular complexity index is 1430. The van der Waals surface area contributed by atoms with Crippen molar-refractivity contribution in [2.75, 3.05) is 37.6 Å². The Morgan fingerprint density at radius 1 is 0.921 bits per heavy atom. The molecule has 1 aliphatic rings. The van der Waals surface area contributed by atoms with E-state index in [2.05, 4.69) is 39.0 Å². The van der Waals surface area contributed by atoms with Crippen LogP contribution in [0.15, 0.2) is 79.1 Å². The Morgan fingerprint density at radius 2 is 1.63 bits per heavy atom. The van der Waals surface area contributed by atoms with E-state index in [4.69, 9.17) is 0 Å². The monoisotopic (exact) mass is 520 g/mol. The molecule has 3 aromatic carbocycles. The maximum Gasteiger partial charge on any atom is 0.405 e. The molecular weight excluding hydrogens is 493 g/mol. The number of fused-ring (bicyclic) bond motifs is 1. The van der Waals surface area contributed by atoms with Crippen LogP contribution in [0.5, 0.6) is 5.75 Å². The van der Waals surface area contributed by atoms with E-state index in [0.717, 1.165) is 60.3 Å². The Hall–Kier alpha value is -4.11. The summed E-state index contributed by atoms with van der Waals surface area (Å²) < 4.78 is 37.1. The SMILES string of the molecule is O=C(NCC(F)(F)F)c1ccc(N2CCN(Cc3ccc(-c4cncc(O)c4)c4ccccc34)CC2)cc1. The van der Waals surface area contributed by atoms with Crippen LogP contribution < -0.4 is 10.2 Å². The Balaban J connectivity index is 1.23. The zero-order valence-corrected chi connectivity index (χ0v) is 20.6. The largest absolute Gasteiger partial charge is 0.506 e. The van der Waals surface area contributed by atoms with E-state index < -0.39 is 18.6 Å². The number of aromatic hydroxyl groups is 1. The second kappa shape index (κ2) is 10.7. The number of piperazine rings is 1. The van der Waals surface area contributed by atoms with Gasteiger partial charge in [0.2, 0.25) is 0 Å². The fourth-order valence-electron chi connectivity index (χ4n) is 4.84. The van der Waals surface area contributed by atoms with E-state index in [-0.39, 0.29) is 11.3 Å². The van der Waals surface area contributed by atoms with Gasteiger partial charge in [-0.25, -0.2) is 0 Å². The fraction of sp³-hybridized carbons (Fsp3) is 0.241. The highest BCUT2D eigenvalue weighted by atomic mass is 19.4. The quantitative estimate of drug-likeness (QED) is 0.365. The molecule has 1 fully saturated rings. The molecule has 0 spiro atoms. The fourth-order valence-corrected chi connectivity index (χ4v) is 4.84. The first kappa shape index (κ1) is 25.5. The molecule has 196 valence electrons. The van der Waals surface area contributed by atoms with Crippen molar-refractivity contribution < 1.29 is 23.1 Å². The molecular formula is C29H27F3N4O2. The third-order valence-electron chi connectivity index (χ3n) is 6.76. The van der Waals surface area contributed by atoms with Gasteiger partial charge in [0.1, 0.15) is 12.3 Å². The average molecular weight is 521 g/mol. The number of carbonyl (C=O) groups is 1. The first-order valence-electron chi connectivity index (χ1n) is 12.3. The Kier molecular flexibility index (Phi) is 7.20. The van der Waals surface area contributed by atoms with Gasteiger partial charge in [-0.05, 0) is 52.2 Å². The van der Waals surface area contributed by atoms with Gasteiger partial charge < -0.3 is 15.3 Å². The van der Waals surface area contributed by atoms with Crippen molar-refractivity contribution in [1.29, 1.82) is 0 Å². The smallest absolute Gasteiger partial charge is 0.405 e. The number of nitrogens with zero attached hydrogens (tertiary/aromatic N) is 3. The first-order valence-corrected chi connectivity index (χ1v) is 12.3. The lowest BCUT2D eigenvalue weighted by atomic mass is 9.95. The molecule has 2 N–H and O–H groups in total. The van der Waals surface area contributed by atoms with Crippen LogP contribution in [-0.4, -0.2) is 59.8 Å². The highest BCUT2D eigenvalue weighted by Crippen LogP contribution is 2.32. The summed E-state index contributed by atoms with van der Waals surface area (Å²) in [6.45, 7) is 2.74. The number of amides is 1. The summed E-state index contributed by atoms with van der Waals surface area (Å²) in [6.07, 6.45) is -1.27. The molecule has 0 atom stereocenters. The minimum atomic E-state index is -4.44. The second-order valence-electron chi connectivity index (χ2n) is 9.36. The van der Waals surface area contributed by atoms with Crippen molar-refractivity contribution in [3.8, 4) is 16.9 Å². The molecule has 1 aliphatic heterocycles. The first-order chi connectivity index (χ1) is 18.3. The molecule has 5 rings (SSSR count). The van der Waals surface area contributed by atoms with Crippen molar-refractivity contribution in [1.82, 2.24) is 15.2 Å². The zero-order chi connectivity index (χ0) is 26.7. The topological polar surface area (TPSA) is 68.7 Å². The van der Waals surface area contributed by atoms with Gasteiger partial charge in [-0.2, -0.15) is 13.2 Å². The van der Waals surface area contributed by atoms with Crippen LogP contribution in [0.1, 0.15) is 15.9 Å². The van der Waals surface area contributed by atoms with Gasteiger partial charge in [0.25, 0.3) is 5.91 Å². The molecule has 4 aromatic rings. The zero-order valence-electron chi connectivity index (χ0n) is 20.6. The Labute approximate surface area is 218 Å². The van der Waals surface area contributed by atoms with Crippen molar-refractivity contribution in [3.63, 3.8) is 0 Å². The lowest BCUT2D eigenvalue weighted by Crippen LogP contribution is -2.46. The molecule has 0 bridgehead atoms. The van der Waals surface area contributed by atoms with Crippen LogP contribution in [-0.2, 0) is 6.54 Å². The number of halogens is 3. The van der Waals surface area contributed by atoms with Gasteiger partial charge in [-0.15, -0.1) is 0 Å². The number of alkyl halides is 3. The number of pyridine rings is 1. The second-order valence-corrected chi connectivity index (χ2v) is 9.36. The van der Waals surface area contributed by atoms with Crippen LogP contribution in [0.4, 0.5) is 18.9 Å². The molecule has 1 aromatic heterocycles. The molecule has 6 nitrogen and oxygen atoms in total. The number of rotatable bonds is 6. The molecule has 1 amide bonds. The lowest BCUT2D eigenvalue weighted by molar-refractivity contribution is -0.123. The molecule has 38 heavy (non-hydrogen) atoms. The van der Waals surface area contributed by atoms with Crippen LogP contribution in [0.2, 0.25) is 0 Å². The summed E-state index contributed by atoms with van der Waals surface area (Å²) in [7, 11) is 0. The number of carbonyl (C=O) groups excluding carboxylic acids is 1. The van der Waals surface area contributed by atoms with Crippen molar-refractivity contribution >= 4 is 22.4 Å². The maximum absolute atomic E-state index is 12.4. The summed E-state index contributed by atoms with van der Waals surface area (Å²) in [6, 6.07) is 20.9. The standard InChI is InChI=1S/C29H27F3N4O2/c30-29(31,32)19-34-28(38)20-5-8-23(9-6-20)36-13-11-35(12-14-36)18-21-7-10-26(22-15-24(37)17-33-16-22)27-4-2-1-3-25(21)27/h1-10,15-17,37H,11-14,18-19H2,(H,34,38). The van der Waals surface area contributed by atoms with Gasteiger partial charge in [0.15, 0.2) is 0 Å². The van der Waals surface area contributed by atoms with Gasteiger partial charge >= 0.3 is 6.18 Å². The van der Waals surface area contributed by atoms with Crippen molar-refractivity contribution in [2.24, 2.45) is 0 Å². The summed E-state index contributed by atoms with van der Waals surface area (Å²) in [4.78, 5) is 20.7. The van der Waals surface area contributed by atoms with E-state index in [0.29, 0.717) is 0 Å². The van der Waals surface area contributed by atoms with Gasteiger partial charge in [-0.3, -0.25) is 14.7 Å². The molecule has 2 heterocycles. The highest BCUT2D eigenvalue weighted by molar-refractivity contribution is 5.98. The molecule has 0 saturated carbocycles. The predicted molar refractivity (Wildman–Crippen MR) is 141 cm³/mol. The average Bonchev–Trinajstić information content (AvgIpc) is 2.92. The number of hydrogen-bond donors (Lipinski definition) is 2. The molecule has 0 aliphatic carbocycles. The van der Waals surface area contributed by atoms with Gasteiger partial charge in [0.05, 0.1) is 6.20 Å². The molecule has 0 radical (unpaired) electrons. The van der Waals surface area contributed by atoms with E-state index in [1.807, 2.05) is 17.4 Å². The van der Waals surface area contributed by atoms with Crippen LogP contribution in [0.3, 0.4) is 0 Å². The number of nitrogens with one attached hydrogen (secondary N) is 1. The van der Waals surface area contributed by atoms with E-state index in [1.165, 1.54) is 11.8 Å². The van der Waals surface area contributed by atoms with E-state index in [9.17, 15) is 23.1 Å². The molecule has 9 heteroatoms. The maximum atomic E-state index is 12.4. The number of hydrogen-bond acceptors (Lipinski definition) is 5. The molecule has 1 saturated heterocycles. The summed E-state index contributed by atoms with van der Waals surface area (Å²) >= 11 is 0. The minimum absolute atomic E-state index is 0.132. The predicted octanol–water partition coefficient (Wildman–Crippen LogP) is 5.22. The number of aromatic nitrogens is 1. The number of anilines is 1. The van der Waals surface area contributed by atoms with Crippen LogP contribution in [0.25, 0.3) is 21.9 Å². The highest BCUT2D eigenvalue weighted by Gasteiger charge is 2.28. The van der Waals surface area contributed by atoms with E-state index in [1.54, 1.807) is 36.5 Å². The van der Waals surface area contributed by atoms with Gasteiger partial charge in [0, 0.05) is 55.7 Å². The summed E-state index contributed by atoms with van der Waals surface area (Å²) in [5, 5.41) is 14.0. The lowest BCUT2D eigenvalue weighted by Gasteiger charge is -2.36. The van der Waals surface area contributed by atoms with Crippen LogP contribution in [0, 0.1) is 0 Å². The van der Waals surface area contributed by atoms with E-state index >= 15 is 0 Å². The van der Waals surface area contributed by atoms with Gasteiger partial charge in [-0.1, -0.05) is 36.4 Å². The minimum Gasteiger partial charge on any atom is -0.506 e. The molecule has 0 unspecified atom stereocenters. The summed E-state index contributed by atoms with van der Waals surface area (Å²) in [5.74, 6) is -0.606. The third-order valence-corrected chi connectivity index (χ3v) is 6.76. The van der Waals surface area contributed by atoms with Crippen molar-refractivity contribution in [3.05, 3.63) is 90.3 Å². The Morgan fingerprint density at radius 3 is 2.32 bits per heavy atom. The summed E-state index contributed by atoms with van der Waals surface area (Å²) in [5.41, 5.74) is 4.25. The normalized spacial score (nSPS) is 14.6.